The van der Waals surface area contributed by atoms with Crippen LogP contribution in [-0.2, 0) is 0 Å². The van der Waals surface area contributed by atoms with Gasteiger partial charge in [0.05, 0.1) is 5.56 Å². The smallest absolute Gasteiger partial charge is 0.394 e. The Morgan fingerprint density at radius 3 is 2.27 bits per heavy atom. The Morgan fingerprint density at radius 2 is 1.70 bits per heavy atom. The lowest BCUT2D eigenvalue weighted by Gasteiger charge is -2.16. The van der Waals surface area contributed by atoms with Crippen molar-refractivity contribution in [2.45, 2.75) is 47.7 Å². The highest BCUT2D eigenvalue weighted by Gasteiger charge is 2.25. The van der Waals surface area contributed by atoms with Gasteiger partial charge in [-0.1, -0.05) is 36.4 Å². The number of halogens is 2. The van der Waals surface area contributed by atoms with Crippen molar-refractivity contribution in [3.8, 4) is 5.75 Å². The molecular weight excluding hydrogens is 382 g/mol. The van der Waals surface area contributed by atoms with Crippen LogP contribution in [0.1, 0.15) is 56.9 Å². The fourth-order valence-electron chi connectivity index (χ4n) is 3.18. The van der Waals surface area contributed by atoms with Gasteiger partial charge in [-0.05, 0) is 80.7 Å². The molecule has 0 amide bonds. The molecule has 1 N–H and O–H groups in total. The molecule has 0 radical (unpaired) electrons. The number of rotatable bonds is 6. The predicted molar refractivity (Wildman–Crippen MR) is 121 cm³/mol. The second-order valence-corrected chi connectivity index (χ2v) is 7.16. The van der Waals surface area contributed by atoms with Gasteiger partial charge in [0.15, 0.2) is 5.84 Å². The Morgan fingerprint density at radius 1 is 1.03 bits per heavy atom. The van der Waals surface area contributed by atoms with E-state index in [1.807, 2.05) is 39.0 Å². The van der Waals surface area contributed by atoms with Crippen LogP contribution in [0.3, 0.4) is 0 Å². The molecule has 30 heavy (non-hydrogen) atoms. The van der Waals surface area contributed by atoms with E-state index in [1.165, 1.54) is 17.2 Å². The van der Waals surface area contributed by atoms with Crippen molar-refractivity contribution in [2.75, 3.05) is 0 Å². The van der Waals surface area contributed by atoms with E-state index in [1.54, 1.807) is 25.1 Å². The maximum absolute atomic E-state index is 13.3. The molecule has 0 aromatic heterocycles. The van der Waals surface area contributed by atoms with Gasteiger partial charge in [-0.15, -0.1) is 0 Å². The Hall–Kier alpha value is -3.08. The summed E-state index contributed by atoms with van der Waals surface area (Å²) in [5.41, 5.74) is 6.32. The van der Waals surface area contributed by atoms with E-state index in [9.17, 15) is 8.78 Å². The summed E-state index contributed by atoms with van der Waals surface area (Å²) in [5.74, 6) is -0.203. The molecule has 0 aliphatic rings. The van der Waals surface area contributed by atoms with Crippen LogP contribution in [0.25, 0.3) is 5.57 Å². The van der Waals surface area contributed by atoms with Crippen molar-refractivity contribution >= 4 is 17.1 Å². The number of amidine groups is 1. The average molecular weight is 411 g/mol. The Labute approximate surface area is 177 Å². The monoisotopic (exact) mass is 410 g/mol. The molecule has 0 saturated carbocycles. The van der Waals surface area contributed by atoms with Crippen molar-refractivity contribution in [3.63, 3.8) is 0 Å². The Kier molecular flexibility index (Phi) is 7.43. The van der Waals surface area contributed by atoms with Crippen molar-refractivity contribution in [3.05, 3.63) is 82.4 Å². The molecule has 2 rings (SSSR count). The molecule has 0 fully saturated rings. The average Bonchev–Trinajstić information content (AvgIpc) is 2.68. The minimum atomic E-state index is -3.34. The second kappa shape index (κ2) is 9.61. The first kappa shape index (κ1) is 23.2. The van der Waals surface area contributed by atoms with Crippen LogP contribution >= 0.6 is 0 Å². The van der Waals surface area contributed by atoms with Gasteiger partial charge in [0.1, 0.15) is 5.75 Å². The number of allylic oxidation sites excluding steroid dienone is 4. The first-order valence-electron chi connectivity index (χ1n) is 9.78. The molecule has 2 aromatic carbocycles. The number of aliphatic imine (C=N–C) groups is 1. The van der Waals surface area contributed by atoms with Gasteiger partial charge in [-0.2, -0.15) is 8.78 Å². The number of nitrogens with one attached hydrogen (secondary N) is 1. The summed E-state index contributed by atoms with van der Waals surface area (Å²) in [6.45, 7) is 10.6. The van der Waals surface area contributed by atoms with Crippen LogP contribution in [0.15, 0.2) is 65.2 Å². The van der Waals surface area contributed by atoms with Crippen LogP contribution in [0.5, 0.6) is 5.75 Å². The molecule has 0 aliphatic carbocycles. The second-order valence-electron chi connectivity index (χ2n) is 7.16. The zero-order valence-corrected chi connectivity index (χ0v) is 18.3. The van der Waals surface area contributed by atoms with E-state index in [0.29, 0.717) is 12.6 Å². The van der Waals surface area contributed by atoms with E-state index < -0.39 is 6.11 Å². The van der Waals surface area contributed by atoms with Crippen LogP contribution in [-0.4, -0.2) is 17.7 Å². The standard InChI is InChI=1S/C25H28F2N2O/c1-7-16(3)20(8-2)21-14-13-19(15-17(21)4)18(5)29-24(28)22-11-9-10-12-23(22)30-25(6,26)27/h7-15,28H,1-6H3/b16-7-,20-8+,28-24?,29-18?. The van der Waals surface area contributed by atoms with Crippen LogP contribution < -0.4 is 4.74 Å². The number of hydrogen-bond donors (Lipinski definition) is 1. The van der Waals surface area contributed by atoms with Gasteiger partial charge in [0.25, 0.3) is 0 Å². The summed E-state index contributed by atoms with van der Waals surface area (Å²) >= 11 is 0. The van der Waals surface area contributed by atoms with Crippen molar-refractivity contribution < 1.29 is 13.5 Å². The lowest BCUT2D eigenvalue weighted by Crippen LogP contribution is -2.20. The van der Waals surface area contributed by atoms with E-state index in [4.69, 9.17) is 10.1 Å². The van der Waals surface area contributed by atoms with Gasteiger partial charge in [-0.3, -0.25) is 5.41 Å². The van der Waals surface area contributed by atoms with Crippen LogP contribution in [0, 0.1) is 12.3 Å². The SMILES string of the molecule is C/C=C(C)\C(=C/C)c1ccc(C(C)=NC(=N)c2ccccc2OC(C)(F)F)cc1C. The third kappa shape index (κ3) is 5.72. The van der Waals surface area contributed by atoms with Gasteiger partial charge < -0.3 is 4.74 Å². The molecule has 0 bridgehead atoms. The summed E-state index contributed by atoms with van der Waals surface area (Å²) in [4.78, 5) is 4.34. The van der Waals surface area contributed by atoms with Gasteiger partial charge in [-0.25, -0.2) is 4.99 Å². The van der Waals surface area contributed by atoms with E-state index in [2.05, 4.69) is 24.1 Å². The third-order valence-electron chi connectivity index (χ3n) is 4.79. The number of alkyl halides is 2. The van der Waals surface area contributed by atoms with Crippen LogP contribution in [0.2, 0.25) is 0 Å². The zero-order chi connectivity index (χ0) is 22.5. The van der Waals surface area contributed by atoms with Gasteiger partial charge in [0.2, 0.25) is 0 Å². The first-order valence-corrected chi connectivity index (χ1v) is 9.78. The molecule has 0 saturated heterocycles. The number of hydrogen-bond acceptors (Lipinski definition) is 2. The fraction of sp³-hybridized carbons (Fsp3) is 0.280. The lowest BCUT2D eigenvalue weighted by molar-refractivity contribution is -0.159. The summed E-state index contributed by atoms with van der Waals surface area (Å²) in [5, 5.41) is 8.30. The predicted octanol–water partition coefficient (Wildman–Crippen LogP) is 7.19. The van der Waals surface area contributed by atoms with Gasteiger partial charge in [0, 0.05) is 12.6 Å². The van der Waals surface area contributed by atoms with E-state index >= 15 is 0 Å². The van der Waals surface area contributed by atoms with Crippen LogP contribution in [0.4, 0.5) is 8.78 Å². The third-order valence-corrected chi connectivity index (χ3v) is 4.79. The Balaban J connectivity index is 2.37. The molecule has 3 nitrogen and oxygen atoms in total. The molecule has 0 spiro atoms. The van der Waals surface area contributed by atoms with Crippen molar-refractivity contribution in [1.29, 1.82) is 5.41 Å². The summed E-state index contributed by atoms with van der Waals surface area (Å²) in [7, 11) is 0. The maximum Gasteiger partial charge on any atom is 0.394 e. The molecule has 0 unspecified atom stereocenters. The minimum absolute atomic E-state index is 0.0716. The molecule has 0 aliphatic heterocycles. The number of para-hydroxylation sites is 1. The summed E-state index contributed by atoms with van der Waals surface area (Å²) in [6, 6.07) is 12.2. The molecule has 158 valence electrons. The lowest BCUT2D eigenvalue weighted by atomic mass is 9.93. The highest BCUT2D eigenvalue weighted by atomic mass is 19.3. The highest BCUT2D eigenvalue weighted by Crippen LogP contribution is 2.28. The molecule has 2 aromatic rings. The Bertz CT molecular complexity index is 1030. The van der Waals surface area contributed by atoms with E-state index in [0.717, 1.165) is 16.7 Å². The fourth-order valence-corrected chi connectivity index (χ4v) is 3.18. The highest BCUT2D eigenvalue weighted by molar-refractivity contribution is 6.11. The molecule has 5 heteroatoms. The summed E-state index contributed by atoms with van der Waals surface area (Å²) < 4.78 is 31.3. The number of aryl methyl sites for hydroxylation is 1. The number of benzene rings is 2. The van der Waals surface area contributed by atoms with Gasteiger partial charge >= 0.3 is 6.11 Å². The zero-order valence-electron chi connectivity index (χ0n) is 18.3. The molecule has 0 heterocycles. The van der Waals surface area contributed by atoms with Crippen molar-refractivity contribution in [1.82, 2.24) is 0 Å². The number of ether oxygens (including phenoxy) is 1. The molecule has 0 atom stereocenters. The molecular formula is C25H28F2N2O. The quantitative estimate of drug-likeness (QED) is 0.306. The van der Waals surface area contributed by atoms with E-state index in [-0.39, 0.29) is 17.1 Å². The number of nitrogens with zero attached hydrogens (tertiary/aromatic N) is 1. The first-order chi connectivity index (χ1) is 14.1. The topological polar surface area (TPSA) is 45.4 Å². The largest absolute Gasteiger partial charge is 0.432 e. The summed E-state index contributed by atoms with van der Waals surface area (Å²) in [6.07, 6.45) is 0.835. The maximum atomic E-state index is 13.3. The van der Waals surface area contributed by atoms with Crippen molar-refractivity contribution in [2.24, 2.45) is 4.99 Å². The normalized spacial score (nSPS) is 13.4. The minimum Gasteiger partial charge on any atom is -0.432 e.